The van der Waals surface area contributed by atoms with E-state index in [1.807, 2.05) is 24.3 Å². The van der Waals surface area contributed by atoms with E-state index in [2.05, 4.69) is 40.0 Å². The normalized spacial score (nSPS) is 14.0. The maximum Gasteiger partial charge on any atom is 0.254 e. The lowest BCUT2D eigenvalue weighted by Crippen LogP contribution is -2.47. The molecule has 1 aliphatic rings. The fourth-order valence-corrected chi connectivity index (χ4v) is 2.94. The van der Waals surface area contributed by atoms with Crippen LogP contribution in [0.4, 0.5) is 11.9 Å². The minimum absolute atomic E-state index is 0.219. The standard InChI is InChI=1S/C19H20N8O/c28-17(23-14-16-4-1-2-5-20-16)15-12-24-19(25-13-15)27-10-8-26(9-11-27)18-21-6-3-7-22-18/h1-7,12-13H,8-11,14H2,(H,23,28). The molecule has 0 unspecified atom stereocenters. The Morgan fingerprint density at radius 2 is 1.43 bits per heavy atom. The van der Waals surface area contributed by atoms with Crippen molar-refractivity contribution in [2.24, 2.45) is 0 Å². The van der Waals surface area contributed by atoms with Crippen LogP contribution in [-0.4, -0.2) is 57.0 Å². The fraction of sp³-hybridized carbons (Fsp3) is 0.263. The van der Waals surface area contributed by atoms with Crippen LogP contribution in [0.25, 0.3) is 0 Å². The molecule has 0 saturated carbocycles. The van der Waals surface area contributed by atoms with Crippen molar-refractivity contribution in [1.82, 2.24) is 30.2 Å². The number of pyridine rings is 1. The van der Waals surface area contributed by atoms with E-state index in [4.69, 9.17) is 0 Å². The highest BCUT2D eigenvalue weighted by Crippen LogP contribution is 2.14. The summed E-state index contributed by atoms with van der Waals surface area (Å²) in [6.45, 7) is 3.48. The first-order valence-corrected chi connectivity index (χ1v) is 9.07. The number of amides is 1. The molecule has 0 aliphatic carbocycles. The molecule has 3 aromatic heterocycles. The fourth-order valence-electron chi connectivity index (χ4n) is 2.94. The van der Waals surface area contributed by atoms with Crippen molar-refractivity contribution in [2.75, 3.05) is 36.0 Å². The molecule has 0 bridgehead atoms. The molecule has 4 heterocycles. The van der Waals surface area contributed by atoms with E-state index < -0.39 is 0 Å². The zero-order chi connectivity index (χ0) is 19.2. The minimum atomic E-state index is -0.219. The molecule has 1 N–H and O–H groups in total. The quantitative estimate of drug-likeness (QED) is 0.702. The smallest absolute Gasteiger partial charge is 0.254 e. The van der Waals surface area contributed by atoms with E-state index in [1.54, 1.807) is 31.0 Å². The Kier molecular flexibility index (Phi) is 5.32. The van der Waals surface area contributed by atoms with E-state index in [1.165, 1.54) is 0 Å². The maximum atomic E-state index is 12.3. The van der Waals surface area contributed by atoms with Gasteiger partial charge < -0.3 is 15.1 Å². The second-order valence-corrected chi connectivity index (χ2v) is 6.30. The first kappa shape index (κ1) is 17.8. The van der Waals surface area contributed by atoms with E-state index in [-0.39, 0.29) is 5.91 Å². The molecule has 0 atom stereocenters. The second-order valence-electron chi connectivity index (χ2n) is 6.30. The third-order valence-electron chi connectivity index (χ3n) is 4.45. The molecule has 0 aromatic carbocycles. The number of carbonyl (C=O) groups excluding carboxylic acids is 1. The van der Waals surface area contributed by atoms with Crippen LogP contribution in [0.5, 0.6) is 0 Å². The number of nitrogens with zero attached hydrogens (tertiary/aromatic N) is 7. The monoisotopic (exact) mass is 376 g/mol. The van der Waals surface area contributed by atoms with Gasteiger partial charge in [-0.1, -0.05) is 6.07 Å². The summed E-state index contributed by atoms with van der Waals surface area (Å²) in [5, 5.41) is 2.82. The number of carbonyl (C=O) groups is 1. The van der Waals surface area contributed by atoms with Crippen LogP contribution in [0.3, 0.4) is 0 Å². The lowest BCUT2D eigenvalue weighted by Gasteiger charge is -2.34. The minimum Gasteiger partial charge on any atom is -0.346 e. The van der Waals surface area contributed by atoms with Gasteiger partial charge in [-0.15, -0.1) is 0 Å². The molecule has 1 amide bonds. The SMILES string of the molecule is O=C(NCc1ccccn1)c1cnc(N2CCN(c3ncccn3)CC2)nc1. The van der Waals surface area contributed by atoms with Gasteiger partial charge in [-0.05, 0) is 18.2 Å². The van der Waals surface area contributed by atoms with Crippen LogP contribution in [0, 0.1) is 0 Å². The molecule has 4 rings (SSSR count). The molecule has 9 nitrogen and oxygen atoms in total. The predicted molar refractivity (Wildman–Crippen MR) is 104 cm³/mol. The van der Waals surface area contributed by atoms with Crippen LogP contribution in [-0.2, 0) is 6.54 Å². The molecule has 9 heteroatoms. The number of aromatic nitrogens is 5. The number of hydrogen-bond acceptors (Lipinski definition) is 8. The summed E-state index contributed by atoms with van der Waals surface area (Å²) >= 11 is 0. The zero-order valence-electron chi connectivity index (χ0n) is 15.3. The Balaban J connectivity index is 1.31. The molecule has 1 fully saturated rings. The highest BCUT2D eigenvalue weighted by molar-refractivity contribution is 5.93. The van der Waals surface area contributed by atoms with Gasteiger partial charge in [0, 0.05) is 57.2 Å². The summed E-state index contributed by atoms with van der Waals surface area (Å²) in [6, 6.07) is 7.39. The van der Waals surface area contributed by atoms with Gasteiger partial charge >= 0.3 is 0 Å². The van der Waals surface area contributed by atoms with Gasteiger partial charge in [0.2, 0.25) is 11.9 Å². The zero-order valence-corrected chi connectivity index (χ0v) is 15.3. The number of rotatable bonds is 5. The number of anilines is 2. The summed E-state index contributed by atoms with van der Waals surface area (Å²) in [7, 11) is 0. The highest BCUT2D eigenvalue weighted by atomic mass is 16.1. The van der Waals surface area contributed by atoms with Crippen molar-refractivity contribution in [3.63, 3.8) is 0 Å². The van der Waals surface area contributed by atoms with Gasteiger partial charge in [0.15, 0.2) is 0 Å². The average molecular weight is 376 g/mol. The van der Waals surface area contributed by atoms with Gasteiger partial charge in [0.25, 0.3) is 5.91 Å². The van der Waals surface area contributed by atoms with Crippen LogP contribution >= 0.6 is 0 Å². The Hall–Kier alpha value is -3.62. The third kappa shape index (κ3) is 4.20. The molecule has 1 saturated heterocycles. The Bertz CT molecular complexity index is 896. The van der Waals surface area contributed by atoms with Gasteiger partial charge in [-0.25, -0.2) is 19.9 Å². The van der Waals surface area contributed by atoms with Gasteiger partial charge in [-0.2, -0.15) is 0 Å². The first-order valence-electron chi connectivity index (χ1n) is 9.07. The molecule has 0 radical (unpaired) electrons. The van der Waals surface area contributed by atoms with Gasteiger partial charge in [-0.3, -0.25) is 9.78 Å². The lowest BCUT2D eigenvalue weighted by molar-refractivity contribution is 0.0949. The van der Waals surface area contributed by atoms with Gasteiger partial charge in [0.1, 0.15) is 0 Å². The van der Waals surface area contributed by atoms with Crippen LogP contribution in [0.2, 0.25) is 0 Å². The van der Waals surface area contributed by atoms with Crippen molar-refractivity contribution in [3.05, 3.63) is 66.5 Å². The van der Waals surface area contributed by atoms with Crippen molar-refractivity contribution in [3.8, 4) is 0 Å². The summed E-state index contributed by atoms with van der Waals surface area (Å²) in [5.74, 6) is 1.14. The largest absolute Gasteiger partial charge is 0.346 e. The number of hydrogen-bond donors (Lipinski definition) is 1. The Labute approximate surface area is 162 Å². The van der Waals surface area contributed by atoms with E-state index in [9.17, 15) is 4.79 Å². The molecular weight excluding hydrogens is 356 g/mol. The van der Waals surface area contributed by atoms with E-state index >= 15 is 0 Å². The van der Waals surface area contributed by atoms with Gasteiger partial charge in [0.05, 0.1) is 17.8 Å². The molecule has 28 heavy (non-hydrogen) atoms. The average Bonchev–Trinajstić information content (AvgIpc) is 2.79. The summed E-state index contributed by atoms with van der Waals surface area (Å²) < 4.78 is 0. The van der Waals surface area contributed by atoms with Crippen molar-refractivity contribution < 1.29 is 4.79 Å². The summed E-state index contributed by atoms with van der Waals surface area (Å²) in [4.78, 5) is 38.0. The van der Waals surface area contributed by atoms with Crippen molar-refractivity contribution in [2.45, 2.75) is 6.54 Å². The van der Waals surface area contributed by atoms with E-state index in [0.717, 1.165) is 37.8 Å². The van der Waals surface area contributed by atoms with Crippen LogP contribution < -0.4 is 15.1 Å². The first-order chi connectivity index (χ1) is 13.8. The Morgan fingerprint density at radius 1 is 0.821 bits per heavy atom. The summed E-state index contributed by atoms with van der Waals surface area (Å²) in [5.41, 5.74) is 1.23. The molecule has 0 spiro atoms. The topological polar surface area (TPSA) is 100 Å². The Morgan fingerprint density at radius 3 is 2.04 bits per heavy atom. The second kappa shape index (κ2) is 8.38. The predicted octanol–water partition coefficient (Wildman–Crippen LogP) is 0.918. The molecule has 3 aromatic rings. The number of piperazine rings is 1. The van der Waals surface area contributed by atoms with Crippen LogP contribution in [0.1, 0.15) is 16.1 Å². The molecule has 142 valence electrons. The van der Waals surface area contributed by atoms with Crippen molar-refractivity contribution in [1.29, 1.82) is 0 Å². The van der Waals surface area contributed by atoms with E-state index in [0.29, 0.717) is 18.1 Å². The maximum absolute atomic E-state index is 12.3. The number of nitrogens with one attached hydrogen (secondary N) is 1. The lowest BCUT2D eigenvalue weighted by atomic mass is 10.3. The van der Waals surface area contributed by atoms with Crippen molar-refractivity contribution >= 4 is 17.8 Å². The summed E-state index contributed by atoms with van der Waals surface area (Å²) in [6.07, 6.45) is 8.31. The molecule has 1 aliphatic heterocycles. The molecular formula is C19H20N8O. The highest BCUT2D eigenvalue weighted by Gasteiger charge is 2.20. The third-order valence-corrected chi connectivity index (χ3v) is 4.45. The van der Waals surface area contributed by atoms with Crippen LogP contribution in [0.15, 0.2) is 55.2 Å².